The lowest BCUT2D eigenvalue weighted by Crippen LogP contribution is -2.38. The fraction of sp³-hybridized carbons (Fsp3) is 0.462. The van der Waals surface area contributed by atoms with Gasteiger partial charge in [-0.3, -0.25) is 0 Å². The summed E-state index contributed by atoms with van der Waals surface area (Å²) in [6, 6.07) is 6.12. The van der Waals surface area contributed by atoms with E-state index in [9.17, 15) is 4.79 Å². The number of H-pyrrole nitrogens is 1. The highest BCUT2D eigenvalue weighted by Gasteiger charge is 2.17. The van der Waals surface area contributed by atoms with Crippen molar-refractivity contribution < 1.29 is 0 Å². The number of rotatable bonds is 2. The van der Waals surface area contributed by atoms with E-state index in [0.717, 1.165) is 30.5 Å². The molecule has 0 saturated carbocycles. The van der Waals surface area contributed by atoms with Crippen LogP contribution in [0.1, 0.15) is 25.3 Å². The molecule has 0 atom stereocenters. The summed E-state index contributed by atoms with van der Waals surface area (Å²) in [4.78, 5) is 15.0. The maximum Gasteiger partial charge on any atom is 0.345 e. The number of hydrogen-bond donors (Lipinski definition) is 1. The number of para-hydroxylation sites is 1. The second-order valence-electron chi connectivity index (χ2n) is 4.57. The van der Waals surface area contributed by atoms with E-state index in [4.69, 9.17) is 0 Å². The number of aromatic nitrogens is 2. The van der Waals surface area contributed by atoms with Crippen LogP contribution in [-0.2, 0) is 6.42 Å². The molecule has 3 rings (SSSR count). The molecule has 1 aromatic carbocycles. The molecule has 1 aliphatic heterocycles. The van der Waals surface area contributed by atoms with Crippen LogP contribution in [0.3, 0.4) is 0 Å². The Balaban J connectivity index is 2.24. The van der Waals surface area contributed by atoms with Gasteiger partial charge in [0.25, 0.3) is 0 Å². The molecule has 2 heterocycles. The van der Waals surface area contributed by atoms with Crippen LogP contribution >= 0.6 is 0 Å². The number of aryl methyl sites for hydroxylation is 1. The summed E-state index contributed by atoms with van der Waals surface area (Å²) in [5.41, 5.74) is 3.20. The maximum absolute atomic E-state index is 12.1. The molecule has 0 aliphatic carbocycles. The van der Waals surface area contributed by atoms with Crippen LogP contribution in [0.15, 0.2) is 23.0 Å². The molecule has 1 saturated heterocycles. The fourth-order valence-corrected chi connectivity index (χ4v) is 2.65. The van der Waals surface area contributed by atoms with Crippen molar-refractivity contribution in [1.82, 2.24) is 9.66 Å². The number of hydrogen-bond acceptors (Lipinski definition) is 2. The number of benzene rings is 1. The summed E-state index contributed by atoms with van der Waals surface area (Å²) < 4.78 is 1.81. The summed E-state index contributed by atoms with van der Waals surface area (Å²) in [6.45, 7) is 4.06. The number of imidazole rings is 1. The number of fused-ring (bicyclic) bond motifs is 1. The highest BCUT2D eigenvalue weighted by molar-refractivity contribution is 5.79. The predicted molar refractivity (Wildman–Crippen MR) is 69.1 cm³/mol. The molecule has 0 amide bonds. The third-order valence-corrected chi connectivity index (χ3v) is 3.53. The van der Waals surface area contributed by atoms with E-state index in [2.05, 4.69) is 23.0 Å². The van der Waals surface area contributed by atoms with Crippen LogP contribution in [0.4, 0.5) is 0 Å². The Kier molecular flexibility index (Phi) is 2.42. The third kappa shape index (κ3) is 1.55. The topological polar surface area (TPSA) is 41.0 Å². The first-order valence-electron chi connectivity index (χ1n) is 6.29. The minimum atomic E-state index is -0.0113. The Bertz CT molecular complexity index is 590. The third-order valence-electron chi connectivity index (χ3n) is 3.53. The second kappa shape index (κ2) is 3.95. The summed E-state index contributed by atoms with van der Waals surface area (Å²) in [7, 11) is 0. The van der Waals surface area contributed by atoms with Crippen LogP contribution in [-0.4, -0.2) is 22.7 Å². The molecule has 2 aromatic rings. The SMILES string of the molecule is CCc1cccc2c1[nH]c(=O)n2N1CCCC1. The minimum Gasteiger partial charge on any atom is -0.308 e. The summed E-state index contributed by atoms with van der Waals surface area (Å²) in [5, 5.41) is 2.14. The van der Waals surface area contributed by atoms with Crippen molar-refractivity contribution in [2.24, 2.45) is 0 Å². The Morgan fingerprint density at radius 2 is 2.06 bits per heavy atom. The molecule has 1 aromatic heterocycles. The van der Waals surface area contributed by atoms with Gasteiger partial charge < -0.3 is 9.99 Å². The van der Waals surface area contributed by atoms with Gasteiger partial charge in [0.05, 0.1) is 11.0 Å². The zero-order valence-electron chi connectivity index (χ0n) is 10.1. The first kappa shape index (κ1) is 10.4. The molecule has 90 valence electrons. The fourth-order valence-electron chi connectivity index (χ4n) is 2.65. The molecule has 0 bridgehead atoms. The maximum atomic E-state index is 12.1. The van der Waals surface area contributed by atoms with Crippen LogP contribution < -0.4 is 10.7 Å². The van der Waals surface area contributed by atoms with Crippen LogP contribution in [0.25, 0.3) is 11.0 Å². The van der Waals surface area contributed by atoms with Crippen molar-refractivity contribution in [1.29, 1.82) is 0 Å². The smallest absolute Gasteiger partial charge is 0.308 e. The van der Waals surface area contributed by atoms with Crippen molar-refractivity contribution in [2.45, 2.75) is 26.2 Å². The summed E-state index contributed by atoms with van der Waals surface area (Å²) in [5.74, 6) is 0. The Morgan fingerprint density at radius 1 is 1.29 bits per heavy atom. The van der Waals surface area contributed by atoms with Gasteiger partial charge in [0.15, 0.2) is 0 Å². The zero-order chi connectivity index (χ0) is 11.8. The van der Waals surface area contributed by atoms with Gasteiger partial charge in [-0.05, 0) is 30.9 Å². The molecule has 4 heteroatoms. The minimum absolute atomic E-state index is 0.0113. The second-order valence-corrected chi connectivity index (χ2v) is 4.57. The van der Waals surface area contributed by atoms with Crippen LogP contribution in [0.2, 0.25) is 0 Å². The molecule has 1 aliphatic rings. The standard InChI is InChI=1S/C13H17N3O/c1-2-10-6-5-7-11-12(10)14-13(17)16(11)15-8-3-4-9-15/h5-7H,2-4,8-9H2,1H3,(H,14,17). The van der Waals surface area contributed by atoms with Crippen molar-refractivity contribution in [3.05, 3.63) is 34.2 Å². The molecule has 1 N–H and O–H groups in total. The first-order chi connectivity index (χ1) is 8.31. The first-order valence-corrected chi connectivity index (χ1v) is 6.29. The van der Waals surface area contributed by atoms with Gasteiger partial charge in [0, 0.05) is 13.1 Å². The summed E-state index contributed by atoms with van der Waals surface area (Å²) in [6.07, 6.45) is 3.29. The van der Waals surface area contributed by atoms with Gasteiger partial charge in [0.1, 0.15) is 0 Å². The Hall–Kier alpha value is -1.71. The van der Waals surface area contributed by atoms with Crippen LogP contribution in [0.5, 0.6) is 0 Å². The van der Waals surface area contributed by atoms with E-state index in [1.54, 1.807) is 0 Å². The number of nitrogens with zero attached hydrogens (tertiary/aromatic N) is 2. The average molecular weight is 231 g/mol. The van der Waals surface area contributed by atoms with E-state index in [1.807, 2.05) is 16.8 Å². The number of nitrogens with one attached hydrogen (secondary N) is 1. The lowest BCUT2D eigenvalue weighted by Gasteiger charge is -2.18. The van der Waals surface area contributed by atoms with Gasteiger partial charge in [-0.15, -0.1) is 0 Å². The quantitative estimate of drug-likeness (QED) is 0.853. The van der Waals surface area contributed by atoms with Gasteiger partial charge in [0.2, 0.25) is 0 Å². The highest BCUT2D eigenvalue weighted by atomic mass is 16.2. The van der Waals surface area contributed by atoms with Crippen LogP contribution in [0, 0.1) is 0 Å². The van der Waals surface area contributed by atoms with E-state index in [1.165, 1.54) is 18.4 Å². The monoisotopic (exact) mass is 231 g/mol. The van der Waals surface area contributed by atoms with Crippen molar-refractivity contribution in [2.75, 3.05) is 18.1 Å². The molecule has 0 spiro atoms. The molecule has 0 unspecified atom stereocenters. The lowest BCUT2D eigenvalue weighted by atomic mass is 10.1. The van der Waals surface area contributed by atoms with E-state index < -0.39 is 0 Å². The van der Waals surface area contributed by atoms with Gasteiger partial charge in [-0.25, -0.2) is 9.47 Å². The zero-order valence-corrected chi connectivity index (χ0v) is 10.1. The summed E-state index contributed by atoms with van der Waals surface area (Å²) >= 11 is 0. The van der Waals surface area contributed by atoms with Gasteiger partial charge >= 0.3 is 5.69 Å². The number of aromatic amines is 1. The Labute approximate surface area is 99.8 Å². The van der Waals surface area contributed by atoms with Crippen molar-refractivity contribution in [3.8, 4) is 0 Å². The molecular weight excluding hydrogens is 214 g/mol. The normalized spacial score (nSPS) is 15.9. The van der Waals surface area contributed by atoms with E-state index in [-0.39, 0.29) is 5.69 Å². The van der Waals surface area contributed by atoms with Gasteiger partial charge in [-0.2, -0.15) is 0 Å². The van der Waals surface area contributed by atoms with E-state index >= 15 is 0 Å². The van der Waals surface area contributed by atoms with Gasteiger partial charge in [-0.1, -0.05) is 19.1 Å². The highest BCUT2D eigenvalue weighted by Crippen LogP contribution is 2.17. The molecule has 0 radical (unpaired) electrons. The molecule has 4 nitrogen and oxygen atoms in total. The predicted octanol–water partition coefficient (Wildman–Crippen LogP) is 1.62. The molecule has 1 fully saturated rings. The molecule has 17 heavy (non-hydrogen) atoms. The van der Waals surface area contributed by atoms with Crippen molar-refractivity contribution in [3.63, 3.8) is 0 Å². The molecular formula is C13H17N3O. The van der Waals surface area contributed by atoms with E-state index in [0.29, 0.717) is 0 Å². The Morgan fingerprint density at radius 3 is 2.76 bits per heavy atom. The largest absolute Gasteiger partial charge is 0.345 e. The lowest BCUT2D eigenvalue weighted by molar-refractivity contribution is 0.659. The van der Waals surface area contributed by atoms with Crippen molar-refractivity contribution >= 4 is 11.0 Å². The average Bonchev–Trinajstić information content (AvgIpc) is 2.93.